The summed E-state index contributed by atoms with van der Waals surface area (Å²) >= 11 is 3.30. The highest BCUT2D eigenvalue weighted by Crippen LogP contribution is 2.22. The van der Waals surface area contributed by atoms with Gasteiger partial charge in [-0.2, -0.15) is 0 Å². The Morgan fingerprint density at radius 2 is 1.76 bits per heavy atom. The Morgan fingerprint density at radius 3 is 2.44 bits per heavy atom. The lowest BCUT2D eigenvalue weighted by atomic mass is 10.0. The highest BCUT2D eigenvalue weighted by molar-refractivity contribution is 9.10. The van der Waals surface area contributed by atoms with E-state index < -0.39 is 5.82 Å². The number of likely N-dealkylation sites (tertiary alicyclic amines) is 1. The van der Waals surface area contributed by atoms with Gasteiger partial charge >= 0.3 is 0 Å². The van der Waals surface area contributed by atoms with Crippen molar-refractivity contribution in [2.75, 3.05) is 13.1 Å². The molecule has 0 unspecified atom stereocenters. The molecule has 1 saturated heterocycles. The molecule has 1 heterocycles. The van der Waals surface area contributed by atoms with E-state index >= 15 is 0 Å². The summed E-state index contributed by atoms with van der Waals surface area (Å²) < 4.78 is 14.0. The summed E-state index contributed by atoms with van der Waals surface area (Å²) in [5.74, 6) is -0.728. The van der Waals surface area contributed by atoms with Gasteiger partial charge < -0.3 is 10.2 Å². The lowest BCUT2D eigenvalue weighted by Gasteiger charge is -2.32. The van der Waals surface area contributed by atoms with Crippen LogP contribution in [0.1, 0.15) is 33.6 Å². The molecule has 25 heavy (non-hydrogen) atoms. The Hall–Kier alpha value is -2.21. The molecule has 0 bridgehead atoms. The van der Waals surface area contributed by atoms with E-state index in [0.29, 0.717) is 41.5 Å². The van der Waals surface area contributed by atoms with Gasteiger partial charge in [-0.15, -0.1) is 0 Å². The molecule has 130 valence electrons. The van der Waals surface area contributed by atoms with Crippen LogP contribution >= 0.6 is 15.9 Å². The van der Waals surface area contributed by atoms with Crippen LogP contribution in [0.5, 0.6) is 0 Å². The molecule has 0 spiro atoms. The van der Waals surface area contributed by atoms with Gasteiger partial charge in [-0.1, -0.05) is 18.2 Å². The van der Waals surface area contributed by atoms with Crippen molar-refractivity contribution in [1.82, 2.24) is 10.2 Å². The van der Waals surface area contributed by atoms with Crippen LogP contribution in [-0.4, -0.2) is 35.8 Å². The van der Waals surface area contributed by atoms with Crippen molar-refractivity contribution >= 4 is 27.7 Å². The molecular formula is C19H18BrFN2O2. The summed E-state index contributed by atoms with van der Waals surface area (Å²) in [4.78, 5) is 26.5. The SMILES string of the molecule is O=C(NC1CCN(C(=O)c2cc(F)ccc2Br)CC1)c1ccccc1. The molecule has 1 N–H and O–H groups in total. The number of rotatable bonds is 3. The van der Waals surface area contributed by atoms with E-state index in [1.165, 1.54) is 18.2 Å². The molecule has 3 rings (SSSR count). The number of amides is 2. The van der Waals surface area contributed by atoms with Gasteiger partial charge in [0.05, 0.1) is 5.56 Å². The fraction of sp³-hybridized carbons (Fsp3) is 0.263. The first-order chi connectivity index (χ1) is 12.0. The van der Waals surface area contributed by atoms with Crippen molar-refractivity contribution < 1.29 is 14.0 Å². The maximum atomic E-state index is 13.4. The Kier molecular flexibility index (Phi) is 5.48. The Morgan fingerprint density at radius 1 is 1.08 bits per heavy atom. The third-order valence-electron chi connectivity index (χ3n) is 4.31. The number of halogens is 2. The molecule has 0 aliphatic carbocycles. The van der Waals surface area contributed by atoms with E-state index in [0.717, 1.165) is 0 Å². The summed E-state index contributed by atoms with van der Waals surface area (Å²) in [6.45, 7) is 1.06. The average Bonchev–Trinajstić information content (AvgIpc) is 2.64. The number of piperidine rings is 1. The van der Waals surface area contributed by atoms with Crippen LogP contribution in [0.2, 0.25) is 0 Å². The van der Waals surface area contributed by atoms with Crippen LogP contribution in [-0.2, 0) is 0 Å². The van der Waals surface area contributed by atoms with Crippen molar-refractivity contribution in [3.8, 4) is 0 Å². The fourth-order valence-electron chi connectivity index (χ4n) is 2.92. The Labute approximate surface area is 154 Å². The first-order valence-electron chi connectivity index (χ1n) is 8.15. The Bertz CT molecular complexity index is 774. The molecule has 2 amide bonds. The van der Waals surface area contributed by atoms with E-state index in [9.17, 15) is 14.0 Å². The zero-order valence-electron chi connectivity index (χ0n) is 13.5. The molecule has 1 aliphatic heterocycles. The minimum absolute atomic E-state index is 0.0349. The van der Waals surface area contributed by atoms with Gasteiger partial charge in [0.25, 0.3) is 11.8 Å². The fourth-order valence-corrected chi connectivity index (χ4v) is 3.33. The molecule has 6 heteroatoms. The number of carbonyl (C=O) groups is 2. The van der Waals surface area contributed by atoms with Gasteiger partial charge in [0.1, 0.15) is 5.82 Å². The second-order valence-corrected chi connectivity index (χ2v) is 6.88. The number of benzene rings is 2. The molecule has 2 aromatic carbocycles. The number of hydrogen-bond donors (Lipinski definition) is 1. The van der Waals surface area contributed by atoms with Crippen molar-refractivity contribution in [3.05, 3.63) is 69.9 Å². The first kappa shape index (κ1) is 17.6. The van der Waals surface area contributed by atoms with E-state index in [1.54, 1.807) is 17.0 Å². The van der Waals surface area contributed by atoms with Crippen molar-refractivity contribution in [3.63, 3.8) is 0 Å². The molecule has 1 fully saturated rings. The minimum atomic E-state index is -0.434. The van der Waals surface area contributed by atoms with Gasteiger partial charge in [-0.25, -0.2) is 4.39 Å². The normalized spacial score (nSPS) is 15.0. The largest absolute Gasteiger partial charge is 0.349 e. The van der Waals surface area contributed by atoms with Gasteiger partial charge in [-0.3, -0.25) is 9.59 Å². The standard InChI is InChI=1S/C19H18BrFN2O2/c20-17-7-6-14(21)12-16(17)19(25)23-10-8-15(9-11-23)22-18(24)13-4-2-1-3-5-13/h1-7,12,15H,8-11H2,(H,22,24). The van der Waals surface area contributed by atoms with Crippen LogP contribution in [0.15, 0.2) is 53.0 Å². The molecule has 0 radical (unpaired) electrons. The predicted molar refractivity (Wildman–Crippen MR) is 96.9 cm³/mol. The smallest absolute Gasteiger partial charge is 0.255 e. The summed E-state index contributed by atoms with van der Waals surface area (Å²) in [7, 11) is 0. The second-order valence-electron chi connectivity index (χ2n) is 6.03. The van der Waals surface area contributed by atoms with Crippen LogP contribution in [0.3, 0.4) is 0 Å². The van der Waals surface area contributed by atoms with Gasteiger partial charge in [0, 0.05) is 29.2 Å². The number of nitrogens with one attached hydrogen (secondary N) is 1. The minimum Gasteiger partial charge on any atom is -0.349 e. The lowest BCUT2D eigenvalue weighted by molar-refractivity contribution is 0.0696. The monoisotopic (exact) mass is 404 g/mol. The zero-order valence-corrected chi connectivity index (χ0v) is 15.1. The van der Waals surface area contributed by atoms with Gasteiger partial charge in [0.15, 0.2) is 0 Å². The maximum absolute atomic E-state index is 13.4. The molecule has 4 nitrogen and oxygen atoms in total. The zero-order chi connectivity index (χ0) is 17.8. The van der Waals surface area contributed by atoms with Crippen LogP contribution in [0.25, 0.3) is 0 Å². The van der Waals surface area contributed by atoms with E-state index in [4.69, 9.17) is 0 Å². The summed E-state index contributed by atoms with van der Waals surface area (Å²) in [6, 6.07) is 13.2. The van der Waals surface area contributed by atoms with E-state index in [2.05, 4.69) is 21.2 Å². The van der Waals surface area contributed by atoms with Gasteiger partial charge in [0.2, 0.25) is 0 Å². The number of hydrogen-bond acceptors (Lipinski definition) is 2. The maximum Gasteiger partial charge on any atom is 0.255 e. The number of carbonyl (C=O) groups excluding carboxylic acids is 2. The van der Waals surface area contributed by atoms with Crippen LogP contribution < -0.4 is 5.32 Å². The molecule has 2 aromatic rings. The number of nitrogens with zero attached hydrogens (tertiary/aromatic N) is 1. The van der Waals surface area contributed by atoms with Crippen molar-refractivity contribution in [2.45, 2.75) is 18.9 Å². The predicted octanol–water partition coefficient (Wildman–Crippen LogP) is 3.62. The topological polar surface area (TPSA) is 49.4 Å². The summed E-state index contributed by atoms with van der Waals surface area (Å²) in [5, 5.41) is 3.01. The lowest BCUT2D eigenvalue weighted by Crippen LogP contribution is -2.46. The first-order valence-corrected chi connectivity index (χ1v) is 8.94. The molecule has 1 aliphatic rings. The van der Waals surface area contributed by atoms with Crippen molar-refractivity contribution in [1.29, 1.82) is 0 Å². The average molecular weight is 405 g/mol. The third kappa shape index (κ3) is 4.25. The third-order valence-corrected chi connectivity index (χ3v) is 5.00. The Balaban J connectivity index is 1.57. The van der Waals surface area contributed by atoms with Crippen LogP contribution in [0.4, 0.5) is 4.39 Å². The molecule has 0 atom stereocenters. The highest BCUT2D eigenvalue weighted by Gasteiger charge is 2.26. The molecule has 0 aromatic heterocycles. The van der Waals surface area contributed by atoms with Gasteiger partial charge in [-0.05, 0) is 59.1 Å². The summed E-state index contributed by atoms with van der Waals surface area (Å²) in [6.07, 6.45) is 1.36. The second kappa shape index (κ2) is 7.78. The highest BCUT2D eigenvalue weighted by atomic mass is 79.9. The molecular weight excluding hydrogens is 387 g/mol. The van der Waals surface area contributed by atoms with E-state index in [-0.39, 0.29) is 17.9 Å². The molecule has 0 saturated carbocycles. The van der Waals surface area contributed by atoms with Crippen LogP contribution in [0, 0.1) is 5.82 Å². The summed E-state index contributed by atoms with van der Waals surface area (Å²) in [5.41, 5.74) is 0.955. The van der Waals surface area contributed by atoms with Crippen molar-refractivity contribution in [2.24, 2.45) is 0 Å². The quantitative estimate of drug-likeness (QED) is 0.848. The van der Waals surface area contributed by atoms with E-state index in [1.807, 2.05) is 18.2 Å².